The number of rotatable bonds is 5. The number of carboxylic acid groups (broad SMARTS) is 1. The second-order valence-corrected chi connectivity index (χ2v) is 8.44. The van der Waals surface area contributed by atoms with E-state index < -0.39 is 5.97 Å². The zero-order valence-electron chi connectivity index (χ0n) is 17.4. The molecule has 0 saturated carbocycles. The van der Waals surface area contributed by atoms with Gasteiger partial charge in [-0.15, -0.1) is 0 Å². The van der Waals surface area contributed by atoms with E-state index in [1.165, 1.54) is 5.56 Å². The van der Waals surface area contributed by atoms with Gasteiger partial charge >= 0.3 is 5.97 Å². The number of anilines is 1. The Balaban J connectivity index is 1.69. The van der Waals surface area contributed by atoms with Crippen molar-refractivity contribution in [2.24, 2.45) is 0 Å². The van der Waals surface area contributed by atoms with Crippen LogP contribution in [0.5, 0.6) is 0 Å². The number of H-pyrrole nitrogens is 1. The van der Waals surface area contributed by atoms with Crippen LogP contribution in [-0.4, -0.2) is 21.3 Å². The van der Waals surface area contributed by atoms with Crippen molar-refractivity contribution < 1.29 is 9.90 Å². The van der Waals surface area contributed by atoms with Crippen LogP contribution >= 0.6 is 0 Å². The van der Waals surface area contributed by atoms with Crippen LogP contribution in [0, 0.1) is 0 Å². The third-order valence-corrected chi connectivity index (χ3v) is 5.35. The Morgan fingerprint density at radius 1 is 1.00 bits per heavy atom. The lowest BCUT2D eigenvalue weighted by Gasteiger charge is -2.19. The van der Waals surface area contributed by atoms with E-state index >= 15 is 0 Å². The number of hydrogen-bond donors (Lipinski definition) is 3. The van der Waals surface area contributed by atoms with Gasteiger partial charge in [0.05, 0.1) is 16.5 Å². The van der Waals surface area contributed by atoms with Crippen LogP contribution in [0.4, 0.5) is 5.82 Å². The number of nitrogens with one attached hydrogen (secondary N) is 2. The minimum Gasteiger partial charge on any atom is -0.478 e. The predicted molar refractivity (Wildman–Crippen MR) is 121 cm³/mol. The van der Waals surface area contributed by atoms with Crippen LogP contribution in [0.3, 0.4) is 0 Å². The maximum absolute atomic E-state index is 11.5. The van der Waals surface area contributed by atoms with Crippen LogP contribution in [0.2, 0.25) is 0 Å². The van der Waals surface area contributed by atoms with Crippen molar-refractivity contribution in [3.05, 3.63) is 83.4 Å². The van der Waals surface area contributed by atoms with E-state index in [0.29, 0.717) is 23.5 Å². The average molecular weight is 399 g/mol. The Kier molecular flexibility index (Phi) is 5.04. The van der Waals surface area contributed by atoms with Crippen LogP contribution < -0.4 is 5.32 Å². The van der Waals surface area contributed by atoms with Crippen molar-refractivity contribution in [2.75, 3.05) is 5.32 Å². The first-order valence-corrected chi connectivity index (χ1v) is 9.97. The van der Waals surface area contributed by atoms with Gasteiger partial charge in [0.2, 0.25) is 0 Å². The Hall–Kier alpha value is -3.60. The Morgan fingerprint density at radius 3 is 2.43 bits per heavy atom. The highest BCUT2D eigenvalue weighted by molar-refractivity contribution is 6.02. The first-order chi connectivity index (χ1) is 14.3. The number of aromatic nitrogens is 2. The van der Waals surface area contributed by atoms with E-state index in [1.807, 2.05) is 24.3 Å². The molecule has 5 nitrogen and oxygen atoms in total. The van der Waals surface area contributed by atoms with Crippen molar-refractivity contribution in [1.82, 2.24) is 10.2 Å². The molecule has 4 aromatic rings. The molecule has 1 aromatic heterocycles. The molecular formula is C25H25N3O2. The highest BCUT2D eigenvalue weighted by Gasteiger charge is 2.16. The van der Waals surface area contributed by atoms with Gasteiger partial charge in [0.1, 0.15) is 0 Å². The van der Waals surface area contributed by atoms with Gasteiger partial charge in [0.25, 0.3) is 0 Å². The summed E-state index contributed by atoms with van der Waals surface area (Å²) in [5, 5.41) is 21.3. The van der Waals surface area contributed by atoms with Crippen LogP contribution in [0.15, 0.2) is 66.7 Å². The van der Waals surface area contributed by atoms with Crippen molar-refractivity contribution in [3.8, 4) is 11.1 Å². The minimum atomic E-state index is -0.932. The standard InChI is InChI=1S/C25H25N3O2/c1-25(2,3)18-13-11-16(12-14-18)19-9-6-10-21-22(19)23(28-27-21)26-15-17-7-4-5-8-20(17)24(29)30/h4-14H,15H2,1-3H3,(H,29,30)(H2,26,27,28). The van der Waals surface area contributed by atoms with Crippen molar-refractivity contribution in [3.63, 3.8) is 0 Å². The summed E-state index contributed by atoms with van der Waals surface area (Å²) < 4.78 is 0. The summed E-state index contributed by atoms with van der Waals surface area (Å²) in [4.78, 5) is 11.5. The monoisotopic (exact) mass is 399 g/mol. The Morgan fingerprint density at radius 2 is 1.73 bits per heavy atom. The number of nitrogens with zero attached hydrogens (tertiary/aromatic N) is 1. The molecule has 0 amide bonds. The highest BCUT2D eigenvalue weighted by atomic mass is 16.4. The number of fused-ring (bicyclic) bond motifs is 1. The molecule has 0 radical (unpaired) electrons. The van der Waals surface area contributed by atoms with Gasteiger partial charge in [-0.1, -0.05) is 75.4 Å². The lowest BCUT2D eigenvalue weighted by molar-refractivity contribution is 0.0696. The number of aromatic amines is 1. The largest absolute Gasteiger partial charge is 0.478 e. The summed E-state index contributed by atoms with van der Waals surface area (Å²) in [7, 11) is 0. The molecule has 0 aliphatic carbocycles. The van der Waals surface area contributed by atoms with Gasteiger partial charge in [-0.05, 0) is 39.8 Å². The summed E-state index contributed by atoms with van der Waals surface area (Å²) in [6.45, 7) is 6.99. The molecular weight excluding hydrogens is 374 g/mol. The summed E-state index contributed by atoms with van der Waals surface area (Å²) >= 11 is 0. The molecule has 4 rings (SSSR count). The molecule has 5 heteroatoms. The molecule has 152 valence electrons. The second kappa shape index (κ2) is 7.67. The van der Waals surface area contributed by atoms with Gasteiger partial charge in [-0.2, -0.15) is 5.10 Å². The number of carboxylic acids is 1. The van der Waals surface area contributed by atoms with Gasteiger partial charge in [0, 0.05) is 6.54 Å². The first kappa shape index (κ1) is 19.7. The molecule has 0 spiro atoms. The second-order valence-electron chi connectivity index (χ2n) is 8.44. The Labute approximate surface area is 175 Å². The van der Waals surface area contributed by atoms with Crippen LogP contribution in [0.1, 0.15) is 42.3 Å². The fourth-order valence-corrected chi connectivity index (χ4v) is 3.65. The lowest BCUT2D eigenvalue weighted by atomic mass is 9.86. The van der Waals surface area contributed by atoms with E-state index in [-0.39, 0.29) is 5.41 Å². The minimum absolute atomic E-state index is 0.102. The molecule has 1 heterocycles. The third-order valence-electron chi connectivity index (χ3n) is 5.35. The van der Waals surface area contributed by atoms with Crippen molar-refractivity contribution >= 4 is 22.7 Å². The maximum atomic E-state index is 11.5. The zero-order chi connectivity index (χ0) is 21.3. The van der Waals surface area contributed by atoms with E-state index in [1.54, 1.807) is 12.1 Å². The van der Waals surface area contributed by atoms with Gasteiger partial charge in [-0.3, -0.25) is 5.10 Å². The predicted octanol–water partition coefficient (Wildman–Crippen LogP) is 5.84. The summed E-state index contributed by atoms with van der Waals surface area (Å²) in [6, 6.07) is 21.7. The highest BCUT2D eigenvalue weighted by Crippen LogP contribution is 2.34. The molecule has 30 heavy (non-hydrogen) atoms. The molecule has 0 saturated heterocycles. The molecule has 3 aromatic carbocycles. The normalized spacial score (nSPS) is 11.6. The summed E-state index contributed by atoms with van der Waals surface area (Å²) in [6.07, 6.45) is 0. The first-order valence-electron chi connectivity index (χ1n) is 9.97. The van der Waals surface area contributed by atoms with E-state index in [0.717, 1.165) is 22.0 Å². The van der Waals surface area contributed by atoms with Crippen LogP contribution in [-0.2, 0) is 12.0 Å². The molecule has 0 fully saturated rings. The third kappa shape index (κ3) is 3.79. The summed E-state index contributed by atoms with van der Waals surface area (Å²) in [5.41, 5.74) is 5.52. The van der Waals surface area contributed by atoms with Gasteiger partial charge in [0.15, 0.2) is 5.82 Å². The smallest absolute Gasteiger partial charge is 0.336 e. The molecule has 0 unspecified atom stereocenters. The van der Waals surface area contributed by atoms with E-state index in [2.05, 4.69) is 66.6 Å². The number of benzene rings is 3. The topological polar surface area (TPSA) is 78.0 Å². The maximum Gasteiger partial charge on any atom is 0.336 e. The van der Waals surface area contributed by atoms with Crippen LogP contribution in [0.25, 0.3) is 22.0 Å². The number of aromatic carboxylic acids is 1. The zero-order valence-corrected chi connectivity index (χ0v) is 17.4. The molecule has 3 N–H and O–H groups in total. The number of hydrogen-bond acceptors (Lipinski definition) is 3. The van der Waals surface area contributed by atoms with Gasteiger partial charge < -0.3 is 10.4 Å². The fourth-order valence-electron chi connectivity index (χ4n) is 3.65. The van der Waals surface area contributed by atoms with Crippen molar-refractivity contribution in [1.29, 1.82) is 0 Å². The average Bonchev–Trinajstić information content (AvgIpc) is 3.15. The lowest BCUT2D eigenvalue weighted by Crippen LogP contribution is -2.10. The number of carbonyl (C=O) groups is 1. The van der Waals surface area contributed by atoms with Crippen molar-refractivity contribution in [2.45, 2.75) is 32.7 Å². The quantitative estimate of drug-likeness (QED) is 0.394. The van der Waals surface area contributed by atoms with E-state index in [9.17, 15) is 9.90 Å². The van der Waals surface area contributed by atoms with E-state index in [4.69, 9.17) is 0 Å². The SMILES string of the molecule is CC(C)(C)c1ccc(-c2cccc3[nH]nc(NCc4ccccc4C(=O)O)c23)cc1. The van der Waals surface area contributed by atoms with Gasteiger partial charge in [-0.25, -0.2) is 4.79 Å². The molecule has 0 atom stereocenters. The Bertz CT molecular complexity index is 1200. The fraction of sp³-hybridized carbons (Fsp3) is 0.200. The molecule has 0 bridgehead atoms. The molecule has 0 aliphatic rings. The summed E-state index contributed by atoms with van der Waals surface area (Å²) in [5.74, 6) is -0.223. The molecule has 0 aliphatic heterocycles.